The van der Waals surface area contributed by atoms with Gasteiger partial charge in [-0.3, -0.25) is 24.1 Å². The maximum absolute atomic E-state index is 13.8. The van der Waals surface area contributed by atoms with Gasteiger partial charge >= 0.3 is 12.2 Å². The number of hydrogen-bond donors (Lipinski definition) is 2. The fourth-order valence-electron chi connectivity index (χ4n) is 4.22. The number of nitrogen functional groups attached to an aromatic ring is 1. The van der Waals surface area contributed by atoms with Gasteiger partial charge in [0.1, 0.15) is 11.9 Å². The van der Waals surface area contributed by atoms with Crippen molar-refractivity contribution in [3.63, 3.8) is 0 Å². The normalized spacial score (nSPS) is 18.2. The number of alkyl halides is 3. The Morgan fingerprint density at radius 3 is 2.49 bits per heavy atom. The van der Waals surface area contributed by atoms with E-state index in [9.17, 15) is 27.6 Å². The first-order valence-corrected chi connectivity index (χ1v) is 11.2. The SMILES string of the molecule is CN(C(=O)[C@@H]1[C@@H](Cc2ccnc(N)c2)C(=O)N1C(=O)N[C@@H](c1ccccc1)C(F)(F)F)c1ccn(C)n1. The fraction of sp³-hybridized carbons (Fsp3) is 0.292. The molecular formula is C24H24F3N7O3. The second kappa shape index (κ2) is 9.91. The van der Waals surface area contributed by atoms with E-state index >= 15 is 0 Å². The van der Waals surface area contributed by atoms with Crippen molar-refractivity contribution in [1.29, 1.82) is 0 Å². The second-order valence-electron chi connectivity index (χ2n) is 8.63. The highest BCUT2D eigenvalue weighted by molar-refractivity contribution is 6.12. The number of nitrogens with two attached hydrogens (primary N) is 1. The Labute approximate surface area is 209 Å². The monoisotopic (exact) mass is 515 g/mol. The van der Waals surface area contributed by atoms with Gasteiger partial charge in [-0.25, -0.2) is 9.78 Å². The lowest BCUT2D eigenvalue weighted by Crippen LogP contribution is -2.71. The van der Waals surface area contributed by atoms with Crippen molar-refractivity contribution in [3.8, 4) is 0 Å². The van der Waals surface area contributed by atoms with Crippen LogP contribution in [0, 0.1) is 5.92 Å². The number of β-lactam (4-membered cyclic amide) rings is 1. The topological polar surface area (TPSA) is 126 Å². The van der Waals surface area contributed by atoms with Crippen LogP contribution >= 0.6 is 0 Å². The molecule has 13 heteroatoms. The van der Waals surface area contributed by atoms with E-state index in [-0.39, 0.29) is 23.6 Å². The maximum Gasteiger partial charge on any atom is 0.412 e. The summed E-state index contributed by atoms with van der Waals surface area (Å²) >= 11 is 0. The van der Waals surface area contributed by atoms with Crippen LogP contribution in [-0.2, 0) is 23.1 Å². The van der Waals surface area contributed by atoms with Gasteiger partial charge in [-0.05, 0) is 29.7 Å². The molecule has 4 rings (SSSR count). The highest BCUT2D eigenvalue weighted by Crippen LogP contribution is 2.36. The lowest BCUT2D eigenvalue weighted by molar-refractivity contribution is -0.162. The Kier molecular flexibility index (Phi) is 6.88. The number of urea groups is 1. The number of aromatic nitrogens is 3. The van der Waals surface area contributed by atoms with Gasteiger partial charge in [0.25, 0.3) is 5.91 Å². The molecule has 194 valence electrons. The van der Waals surface area contributed by atoms with Crippen LogP contribution in [0.15, 0.2) is 60.9 Å². The summed E-state index contributed by atoms with van der Waals surface area (Å²) in [7, 11) is 3.06. The summed E-state index contributed by atoms with van der Waals surface area (Å²) in [5.74, 6) is -2.02. The summed E-state index contributed by atoms with van der Waals surface area (Å²) in [6.07, 6.45) is -1.78. The van der Waals surface area contributed by atoms with Gasteiger partial charge in [0.2, 0.25) is 5.91 Å². The van der Waals surface area contributed by atoms with Crippen LogP contribution in [0.4, 0.5) is 29.6 Å². The number of nitrogens with one attached hydrogen (secondary N) is 1. The van der Waals surface area contributed by atoms with E-state index in [1.54, 1.807) is 25.4 Å². The van der Waals surface area contributed by atoms with Gasteiger partial charge in [0.05, 0.1) is 5.92 Å². The zero-order valence-corrected chi connectivity index (χ0v) is 19.9. The first-order chi connectivity index (χ1) is 17.5. The molecule has 1 aliphatic rings. The molecule has 0 bridgehead atoms. The zero-order chi connectivity index (χ0) is 26.9. The number of rotatable bonds is 6. The molecule has 1 aliphatic heterocycles. The number of likely N-dealkylation sites (tertiary alicyclic amines) is 1. The number of aryl methyl sites for hydroxylation is 1. The summed E-state index contributed by atoms with van der Waals surface area (Å²) in [4.78, 5) is 45.2. The van der Waals surface area contributed by atoms with Crippen molar-refractivity contribution in [2.75, 3.05) is 17.7 Å². The Bertz CT molecular complexity index is 1310. The number of carbonyl (C=O) groups is 3. The summed E-state index contributed by atoms with van der Waals surface area (Å²) in [6.45, 7) is 0. The first kappa shape index (κ1) is 25.7. The molecule has 1 fully saturated rings. The van der Waals surface area contributed by atoms with Gasteiger partial charge in [-0.2, -0.15) is 18.3 Å². The van der Waals surface area contributed by atoms with Crippen molar-refractivity contribution in [3.05, 3.63) is 72.1 Å². The van der Waals surface area contributed by atoms with Crippen LogP contribution in [0.5, 0.6) is 0 Å². The number of halogens is 3. The molecule has 0 aliphatic carbocycles. The third-order valence-corrected chi connectivity index (χ3v) is 6.09. The summed E-state index contributed by atoms with van der Waals surface area (Å²) in [5, 5.41) is 6.03. The molecule has 0 radical (unpaired) electrons. The highest BCUT2D eigenvalue weighted by Gasteiger charge is 2.56. The number of pyridine rings is 1. The van der Waals surface area contributed by atoms with Crippen LogP contribution in [0.3, 0.4) is 0 Å². The predicted octanol–water partition coefficient (Wildman–Crippen LogP) is 2.44. The standard InChI is InChI=1S/C24H24F3N7O3/c1-32-11-9-18(31-32)33(2)22(36)19-16(12-14-8-10-29-17(28)13-14)21(35)34(19)23(37)30-20(24(25,26)27)15-6-4-3-5-7-15/h3-11,13,16,19-20H,12H2,1-2H3,(H2,28,29)(H,30,37)/t16-,19+,20+/m1/s1. The van der Waals surface area contributed by atoms with Crippen molar-refractivity contribution in [2.45, 2.75) is 24.7 Å². The lowest BCUT2D eigenvalue weighted by atomic mass is 9.81. The van der Waals surface area contributed by atoms with E-state index in [4.69, 9.17) is 5.73 Å². The molecule has 4 amide bonds. The third-order valence-electron chi connectivity index (χ3n) is 6.09. The minimum absolute atomic E-state index is 0.0309. The number of hydrogen-bond acceptors (Lipinski definition) is 6. The van der Waals surface area contributed by atoms with Crippen molar-refractivity contribution in [2.24, 2.45) is 13.0 Å². The maximum atomic E-state index is 13.8. The van der Waals surface area contributed by atoms with Gasteiger partial charge in [0.15, 0.2) is 11.9 Å². The summed E-state index contributed by atoms with van der Waals surface area (Å²) in [6, 6.07) is 6.38. The Balaban J connectivity index is 1.63. The summed E-state index contributed by atoms with van der Waals surface area (Å²) in [5.41, 5.74) is 6.08. The average Bonchev–Trinajstić information content (AvgIpc) is 3.29. The zero-order valence-electron chi connectivity index (χ0n) is 19.9. The number of nitrogens with zero attached hydrogens (tertiary/aromatic N) is 5. The number of carbonyl (C=O) groups excluding carboxylic acids is 3. The quantitative estimate of drug-likeness (QED) is 0.486. The van der Waals surface area contributed by atoms with E-state index in [1.807, 2.05) is 5.32 Å². The molecule has 3 atom stereocenters. The fourth-order valence-corrected chi connectivity index (χ4v) is 4.22. The van der Waals surface area contributed by atoms with E-state index in [1.165, 1.54) is 54.3 Å². The molecule has 2 aromatic heterocycles. The molecule has 3 heterocycles. The van der Waals surface area contributed by atoms with Crippen LogP contribution in [0.25, 0.3) is 0 Å². The van der Waals surface area contributed by atoms with Gasteiger partial charge in [-0.1, -0.05) is 30.3 Å². The molecule has 10 nitrogen and oxygen atoms in total. The van der Waals surface area contributed by atoms with Crippen molar-refractivity contribution >= 4 is 29.5 Å². The molecule has 3 aromatic rings. The van der Waals surface area contributed by atoms with E-state index in [0.29, 0.717) is 10.5 Å². The van der Waals surface area contributed by atoms with Crippen LogP contribution in [0.1, 0.15) is 17.2 Å². The molecule has 0 saturated carbocycles. The van der Waals surface area contributed by atoms with E-state index < -0.39 is 42.0 Å². The molecule has 1 saturated heterocycles. The third kappa shape index (κ3) is 5.25. The van der Waals surface area contributed by atoms with Gasteiger partial charge in [-0.15, -0.1) is 0 Å². The molecule has 0 unspecified atom stereocenters. The highest BCUT2D eigenvalue weighted by atomic mass is 19.4. The molecule has 37 heavy (non-hydrogen) atoms. The van der Waals surface area contributed by atoms with Crippen LogP contribution in [0.2, 0.25) is 0 Å². The second-order valence-corrected chi connectivity index (χ2v) is 8.63. The Morgan fingerprint density at radius 2 is 1.89 bits per heavy atom. The largest absolute Gasteiger partial charge is 0.412 e. The number of benzene rings is 1. The van der Waals surface area contributed by atoms with E-state index in [2.05, 4.69) is 10.1 Å². The number of amides is 4. The van der Waals surface area contributed by atoms with Gasteiger partial charge in [0, 0.05) is 32.6 Å². The molecule has 0 spiro atoms. The minimum atomic E-state index is -4.84. The van der Waals surface area contributed by atoms with Crippen LogP contribution < -0.4 is 16.0 Å². The minimum Gasteiger partial charge on any atom is -0.384 e. The van der Waals surface area contributed by atoms with Crippen LogP contribution in [-0.4, -0.2) is 56.8 Å². The number of imide groups is 1. The average molecular weight is 515 g/mol. The predicted molar refractivity (Wildman–Crippen MR) is 127 cm³/mol. The smallest absolute Gasteiger partial charge is 0.384 e. The Hall–Kier alpha value is -4.42. The molecule has 3 N–H and O–H groups in total. The van der Waals surface area contributed by atoms with Gasteiger partial charge < -0.3 is 11.1 Å². The lowest BCUT2D eigenvalue weighted by Gasteiger charge is -2.45. The number of likely N-dealkylation sites (N-methyl/N-ethyl adjacent to an activating group) is 1. The summed E-state index contributed by atoms with van der Waals surface area (Å²) < 4.78 is 43.0. The Morgan fingerprint density at radius 1 is 1.19 bits per heavy atom. The first-order valence-electron chi connectivity index (χ1n) is 11.2. The van der Waals surface area contributed by atoms with Crippen molar-refractivity contribution in [1.82, 2.24) is 25.0 Å². The van der Waals surface area contributed by atoms with E-state index in [0.717, 1.165) is 4.90 Å². The van der Waals surface area contributed by atoms with Crippen molar-refractivity contribution < 1.29 is 27.6 Å². The number of anilines is 2. The molecule has 1 aromatic carbocycles. The molecular weight excluding hydrogens is 491 g/mol.